The molecule has 0 atom stereocenters. The van der Waals surface area contributed by atoms with E-state index in [0.717, 1.165) is 6.92 Å². The summed E-state index contributed by atoms with van der Waals surface area (Å²) < 4.78 is 0. The van der Waals surface area contributed by atoms with Gasteiger partial charge in [-0.2, -0.15) is 5.26 Å². The maximum atomic E-state index is 9.34. The van der Waals surface area contributed by atoms with Gasteiger partial charge < -0.3 is 4.89 Å². The fourth-order valence-corrected chi connectivity index (χ4v) is 0. The van der Waals surface area contributed by atoms with Crippen LogP contribution in [0.1, 0.15) is 6.92 Å². The normalized spacial score (nSPS) is 5.67. The average molecular weight is 116 g/mol. The third-order valence-electron chi connectivity index (χ3n) is 0.129. The van der Waals surface area contributed by atoms with Gasteiger partial charge in [0.05, 0.1) is 0 Å². The quantitative estimate of drug-likeness (QED) is 0.260. The summed E-state index contributed by atoms with van der Waals surface area (Å²) in [5.41, 5.74) is 0. The van der Waals surface area contributed by atoms with Crippen LogP contribution in [0, 0.1) is 0 Å². The van der Waals surface area contributed by atoms with Crippen molar-refractivity contribution in [2.45, 2.75) is 6.92 Å². The number of carbonyl (C=O) groups is 1. The Balaban J connectivity index is 0. The maximum absolute atomic E-state index is 9.34. The number of carbonyl (C=O) groups excluding carboxylic acids is 1. The van der Waals surface area contributed by atoms with Crippen molar-refractivity contribution >= 4 is 57.4 Å². The Morgan fingerprint density at radius 1 is 1.83 bits per heavy atom. The summed E-state index contributed by atoms with van der Waals surface area (Å²) in [6.45, 7) is 1.11. The topological polar surface area (TPSA) is 46.5 Å². The van der Waals surface area contributed by atoms with E-state index < -0.39 is 5.97 Å². The molecule has 0 amide bonds. The van der Waals surface area contributed by atoms with Gasteiger partial charge in [0.25, 0.3) is 0 Å². The van der Waals surface area contributed by atoms with Gasteiger partial charge in [0.1, 0.15) is 0 Å². The first-order valence-electron chi connectivity index (χ1n) is 1.09. The molecule has 0 aliphatic carbocycles. The Morgan fingerprint density at radius 2 is 2.00 bits per heavy atom. The second-order valence-corrected chi connectivity index (χ2v) is 0.583. The van der Waals surface area contributed by atoms with Crippen LogP contribution in [-0.4, -0.2) is 62.6 Å². The van der Waals surface area contributed by atoms with Crippen molar-refractivity contribution in [3.05, 3.63) is 0 Å². The molecule has 0 saturated heterocycles. The predicted molar refractivity (Wildman–Crippen MR) is 21.5 cm³/mol. The fraction of sp³-hybridized carbons (Fsp3) is 0.500. The molecule has 0 saturated carbocycles. The molecule has 1 N–H and O–H groups in total. The van der Waals surface area contributed by atoms with Crippen LogP contribution in [-0.2, 0) is 9.68 Å². The molecule has 0 radical (unpaired) electrons. The van der Waals surface area contributed by atoms with Gasteiger partial charge in [0, 0.05) is 6.92 Å². The summed E-state index contributed by atoms with van der Waals surface area (Å²) in [6, 6.07) is 0. The molecule has 0 unspecified atom stereocenters. The summed E-state index contributed by atoms with van der Waals surface area (Å²) in [7, 11) is 0. The molecule has 0 spiro atoms. The van der Waals surface area contributed by atoms with Crippen LogP contribution in [0.5, 0.6) is 0 Å². The number of hydrogen-bond acceptors (Lipinski definition) is 3. The molecule has 4 heteroatoms. The second kappa shape index (κ2) is 6.07. The van der Waals surface area contributed by atoms with Crippen LogP contribution in [0.4, 0.5) is 0 Å². The molecule has 0 heterocycles. The van der Waals surface area contributed by atoms with E-state index in [1.165, 1.54) is 0 Å². The summed E-state index contributed by atoms with van der Waals surface area (Å²) in [5.74, 6) is -0.690. The van der Waals surface area contributed by atoms with Gasteiger partial charge in [-0.15, -0.1) is 0 Å². The van der Waals surface area contributed by atoms with Crippen molar-refractivity contribution in [3.8, 4) is 0 Å². The van der Waals surface area contributed by atoms with Gasteiger partial charge in [-0.3, -0.25) is 0 Å². The fourth-order valence-electron chi connectivity index (χ4n) is 0. The molecule has 0 aromatic rings. The molecule has 0 aliphatic rings. The second-order valence-electron chi connectivity index (χ2n) is 0.583. The molecular weight excluding hydrogens is 111 g/mol. The molecule has 6 heavy (non-hydrogen) atoms. The monoisotopic (exact) mass is 116 g/mol. The third-order valence-corrected chi connectivity index (χ3v) is 0.129. The zero-order valence-corrected chi connectivity index (χ0v) is 2.76. The van der Waals surface area contributed by atoms with Crippen LogP contribution in [0.25, 0.3) is 0 Å². The standard InChI is InChI=1S/C2H4O3.K.H/c1-2(3)5-4;;/h4H,1H3;;. The van der Waals surface area contributed by atoms with Crippen LogP contribution < -0.4 is 0 Å². The predicted octanol–water partition coefficient (Wildman–Crippen LogP) is -0.626. The minimum absolute atomic E-state index is 0. The van der Waals surface area contributed by atoms with Gasteiger partial charge in [0.2, 0.25) is 0 Å². The van der Waals surface area contributed by atoms with Crippen LogP contribution in [0.2, 0.25) is 0 Å². The van der Waals surface area contributed by atoms with E-state index in [0.29, 0.717) is 0 Å². The summed E-state index contributed by atoms with van der Waals surface area (Å²) in [6.07, 6.45) is 0. The Labute approximate surface area is 78.0 Å². The van der Waals surface area contributed by atoms with E-state index in [1.807, 2.05) is 0 Å². The zero-order chi connectivity index (χ0) is 4.28. The molecule has 3 nitrogen and oxygen atoms in total. The Kier molecular flexibility index (Phi) is 10.2. The van der Waals surface area contributed by atoms with Gasteiger partial charge >= 0.3 is 57.4 Å². The first kappa shape index (κ1) is 10.1. The van der Waals surface area contributed by atoms with E-state index in [2.05, 4.69) is 4.89 Å². The van der Waals surface area contributed by atoms with Gasteiger partial charge in [-0.1, -0.05) is 0 Å². The van der Waals surface area contributed by atoms with Crippen molar-refractivity contribution in [2.24, 2.45) is 0 Å². The Bertz CT molecular complexity index is 44.1. The first-order valence-corrected chi connectivity index (χ1v) is 1.09. The summed E-state index contributed by atoms with van der Waals surface area (Å²) in [4.78, 5) is 12.5. The van der Waals surface area contributed by atoms with Crippen LogP contribution in [0.3, 0.4) is 0 Å². The third kappa shape index (κ3) is 8.91. The van der Waals surface area contributed by atoms with Gasteiger partial charge in [-0.05, 0) is 0 Å². The van der Waals surface area contributed by atoms with Crippen molar-refractivity contribution in [2.75, 3.05) is 0 Å². The molecule has 0 bridgehead atoms. The van der Waals surface area contributed by atoms with Gasteiger partial charge in [-0.25, -0.2) is 4.79 Å². The molecule has 0 aromatic heterocycles. The molecule has 32 valence electrons. The van der Waals surface area contributed by atoms with Gasteiger partial charge in [0.15, 0.2) is 0 Å². The summed E-state index contributed by atoms with van der Waals surface area (Å²) in [5, 5.41) is 7.29. The molecule has 0 fully saturated rings. The van der Waals surface area contributed by atoms with E-state index in [-0.39, 0.29) is 51.4 Å². The average Bonchev–Trinajstić information content (AvgIpc) is 1.38. The number of hydrogen-bond donors (Lipinski definition) is 1. The van der Waals surface area contributed by atoms with E-state index in [9.17, 15) is 4.79 Å². The molecule has 0 rings (SSSR count). The molecule has 0 aromatic carbocycles. The first-order chi connectivity index (χ1) is 2.27. The van der Waals surface area contributed by atoms with E-state index in [4.69, 9.17) is 5.26 Å². The van der Waals surface area contributed by atoms with Crippen molar-refractivity contribution in [1.82, 2.24) is 0 Å². The van der Waals surface area contributed by atoms with Crippen LogP contribution in [0.15, 0.2) is 0 Å². The molecule has 0 aliphatic heterocycles. The van der Waals surface area contributed by atoms with Crippen molar-refractivity contribution in [3.63, 3.8) is 0 Å². The van der Waals surface area contributed by atoms with Crippen molar-refractivity contribution < 1.29 is 14.9 Å². The summed E-state index contributed by atoms with van der Waals surface area (Å²) >= 11 is 0. The van der Waals surface area contributed by atoms with E-state index in [1.54, 1.807) is 0 Å². The number of rotatable bonds is 0. The minimum atomic E-state index is -0.690. The van der Waals surface area contributed by atoms with E-state index >= 15 is 0 Å². The van der Waals surface area contributed by atoms with Crippen LogP contribution >= 0.6 is 0 Å². The zero-order valence-electron chi connectivity index (χ0n) is 2.76. The Morgan fingerprint density at radius 3 is 2.00 bits per heavy atom. The molecular formula is C2H5KO3. The van der Waals surface area contributed by atoms with Crippen molar-refractivity contribution in [1.29, 1.82) is 0 Å². The Hall–Kier alpha value is 1.07. The SMILES string of the molecule is CC(=O)OO.[KH].